The number of carbonyl (C=O) groups is 2. The number of likely N-dealkylation sites (tertiary alicyclic amines) is 1. The maximum atomic E-state index is 14.8. The van der Waals surface area contributed by atoms with Gasteiger partial charge in [0.2, 0.25) is 0 Å². The van der Waals surface area contributed by atoms with Crippen LogP contribution in [0.3, 0.4) is 0 Å². The zero-order valence-corrected chi connectivity index (χ0v) is 26.3. The van der Waals surface area contributed by atoms with E-state index in [9.17, 15) is 27.5 Å². The van der Waals surface area contributed by atoms with Crippen molar-refractivity contribution in [2.45, 2.75) is 80.9 Å². The summed E-state index contributed by atoms with van der Waals surface area (Å²) >= 11 is 0. The number of hydrogen-bond acceptors (Lipinski definition) is 10. The molecule has 2 heterocycles. The van der Waals surface area contributed by atoms with Gasteiger partial charge < -0.3 is 29.0 Å². The van der Waals surface area contributed by atoms with E-state index in [4.69, 9.17) is 18.9 Å². The van der Waals surface area contributed by atoms with E-state index in [0.29, 0.717) is 32.4 Å². The number of nitrogens with one attached hydrogen (secondary N) is 1. The van der Waals surface area contributed by atoms with Crippen LogP contribution in [0.25, 0.3) is 0 Å². The SMILES string of the molecule is CC(C)(C)OC(=O)[C@@H](N[C@@H]1COC2(CCN(C(=O)OCc3ccccc3)CC2)C1)[C@H](O)COc1cccc(S(C)(=O)=O)c1F. The van der Waals surface area contributed by atoms with E-state index >= 15 is 0 Å². The van der Waals surface area contributed by atoms with E-state index < -0.39 is 56.5 Å². The fraction of sp³-hybridized carbons (Fsp3) is 0.548. The van der Waals surface area contributed by atoms with Crippen molar-refractivity contribution in [1.82, 2.24) is 10.2 Å². The van der Waals surface area contributed by atoms with Crippen molar-refractivity contribution in [3.63, 3.8) is 0 Å². The minimum Gasteiger partial charge on any atom is -0.488 e. The van der Waals surface area contributed by atoms with Gasteiger partial charge >= 0.3 is 12.1 Å². The van der Waals surface area contributed by atoms with Crippen LogP contribution in [0, 0.1) is 5.82 Å². The molecule has 0 bridgehead atoms. The predicted molar refractivity (Wildman–Crippen MR) is 158 cm³/mol. The van der Waals surface area contributed by atoms with Gasteiger partial charge in [-0.2, -0.15) is 0 Å². The molecule has 2 aromatic rings. The number of aliphatic hydroxyl groups excluding tert-OH is 1. The molecule has 0 aromatic heterocycles. The quantitative estimate of drug-likeness (QED) is 0.374. The highest BCUT2D eigenvalue weighted by Gasteiger charge is 2.45. The van der Waals surface area contributed by atoms with Crippen LogP contribution in [0.15, 0.2) is 53.4 Å². The zero-order valence-electron chi connectivity index (χ0n) is 25.5. The third-order valence-electron chi connectivity index (χ3n) is 7.54. The van der Waals surface area contributed by atoms with Gasteiger partial charge in [-0.15, -0.1) is 0 Å². The van der Waals surface area contributed by atoms with Gasteiger partial charge in [0.15, 0.2) is 21.4 Å². The molecule has 242 valence electrons. The number of aliphatic hydroxyl groups is 1. The molecule has 0 unspecified atom stereocenters. The second-order valence-corrected chi connectivity index (χ2v) is 14.3. The monoisotopic (exact) mass is 636 g/mol. The van der Waals surface area contributed by atoms with Gasteiger partial charge in [0.25, 0.3) is 0 Å². The lowest BCUT2D eigenvalue weighted by Crippen LogP contribution is -2.54. The summed E-state index contributed by atoms with van der Waals surface area (Å²) in [7, 11) is -3.84. The molecule has 2 aromatic carbocycles. The van der Waals surface area contributed by atoms with Crippen molar-refractivity contribution in [3.05, 3.63) is 59.9 Å². The lowest BCUT2D eigenvalue weighted by Gasteiger charge is -2.38. The van der Waals surface area contributed by atoms with E-state index in [2.05, 4.69) is 5.32 Å². The summed E-state index contributed by atoms with van der Waals surface area (Å²) in [5.41, 5.74) is -0.451. The summed E-state index contributed by atoms with van der Waals surface area (Å²) in [5.74, 6) is -2.17. The van der Waals surface area contributed by atoms with Crippen LogP contribution in [0.1, 0.15) is 45.6 Å². The zero-order chi connectivity index (χ0) is 32.1. The minimum absolute atomic E-state index is 0.192. The number of carbonyl (C=O) groups excluding carboxylic acids is 2. The smallest absolute Gasteiger partial charge is 0.410 e. The van der Waals surface area contributed by atoms with Gasteiger partial charge in [0, 0.05) is 25.4 Å². The third kappa shape index (κ3) is 8.90. The summed E-state index contributed by atoms with van der Waals surface area (Å²) in [6.45, 7) is 5.93. The first kappa shape index (κ1) is 33.6. The van der Waals surface area contributed by atoms with Crippen LogP contribution in [0.2, 0.25) is 0 Å². The van der Waals surface area contributed by atoms with E-state index in [-0.39, 0.29) is 31.1 Å². The number of hydrogen-bond donors (Lipinski definition) is 2. The summed E-state index contributed by atoms with van der Waals surface area (Å²) in [5, 5.41) is 14.2. The molecular weight excluding hydrogens is 595 g/mol. The van der Waals surface area contributed by atoms with E-state index in [0.717, 1.165) is 17.9 Å². The Morgan fingerprint density at radius 3 is 2.45 bits per heavy atom. The first-order valence-corrected chi connectivity index (χ1v) is 16.4. The largest absolute Gasteiger partial charge is 0.488 e. The molecule has 0 aliphatic carbocycles. The summed E-state index contributed by atoms with van der Waals surface area (Å²) in [4.78, 5) is 26.9. The Balaban J connectivity index is 1.35. The van der Waals surface area contributed by atoms with Gasteiger partial charge in [0.1, 0.15) is 35.9 Å². The molecule has 1 spiro atoms. The van der Waals surface area contributed by atoms with Gasteiger partial charge in [-0.3, -0.25) is 10.1 Å². The molecule has 1 amide bonds. The molecule has 3 atom stereocenters. The number of piperidine rings is 1. The van der Waals surface area contributed by atoms with Crippen LogP contribution in [-0.2, 0) is 35.4 Å². The molecule has 2 fully saturated rings. The van der Waals surface area contributed by atoms with E-state index in [1.54, 1.807) is 25.7 Å². The average molecular weight is 637 g/mol. The second-order valence-electron chi connectivity index (χ2n) is 12.3. The molecule has 0 radical (unpaired) electrons. The van der Waals surface area contributed by atoms with E-state index in [1.807, 2.05) is 30.3 Å². The lowest BCUT2D eigenvalue weighted by molar-refractivity contribution is -0.161. The van der Waals surface area contributed by atoms with Gasteiger partial charge in [-0.25, -0.2) is 17.6 Å². The predicted octanol–water partition coefficient (Wildman–Crippen LogP) is 3.23. The Morgan fingerprint density at radius 1 is 1.14 bits per heavy atom. The van der Waals surface area contributed by atoms with Crippen molar-refractivity contribution in [2.75, 3.05) is 32.6 Å². The normalized spacial score (nSPS) is 19.8. The molecule has 2 aliphatic heterocycles. The van der Waals surface area contributed by atoms with Crippen LogP contribution in [0.5, 0.6) is 5.75 Å². The van der Waals surface area contributed by atoms with Crippen molar-refractivity contribution in [1.29, 1.82) is 0 Å². The number of ether oxygens (including phenoxy) is 4. The summed E-state index contributed by atoms with van der Waals surface area (Å²) in [6, 6.07) is 11.6. The minimum atomic E-state index is -3.84. The summed E-state index contributed by atoms with van der Waals surface area (Å²) < 4.78 is 61.2. The number of esters is 1. The summed E-state index contributed by atoms with van der Waals surface area (Å²) in [6.07, 6.45) is 0.698. The Labute approximate surface area is 257 Å². The molecule has 2 N–H and O–H groups in total. The second kappa shape index (κ2) is 13.8. The third-order valence-corrected chi connectivity index (χ3v) is 8.66. The first-order chi connectivity index (χ1) is 20.7. The van der Waals surface area contributed by atoms with Gasteiger partial charge in [0.05, 0.1) is 12.2 Å². The van der Waals surface area contributed by atoms with Crippen molar-refractivity contribution in [3.8, 4) is 5.75 Å². The number of benzene rings is 2. The van der Waals surface area contributed by atoms with Crippen LogP contribution in [0.4, 0.5) is 9.18 Å². The maximum absolute atomic E-state index is 14.8. The highest BCUT2D eigenvalue weighted by molar-refractivity contribution is 7.90. The highest BCUT2D eigenvalue weighted by atomic mass is 32.2. The molecule has 2 saturated heterocycles. The van der Waals surface area contributed by atoms with Gasteiger partial charge in [-0.05, 0) is 57.7 Å². The number of nitrogens with zero attached hydrogens (tertiary/aromatic N) is 1. The fourth-order valence-corrected chi connectivity index (χ4v) is 6.07. The molecule has 2 aliphatic rings. The van der Waals surface area contributed by atoms with Crippen molar-refractivity contribution >= 4 is 21.9 Å². The van der Waals surface area contributed by atoms with E-state index in [1.165, 1.54) is 12.1 Å². The fourth-order valence-electron chi connectivity index (χ4n) is 5.32. The number of amides is 1. The molecule has 0 saturated carbocycles. The highest BCUT2D eigenvalue weighted by Crippen LogP contribution is 2.36. The van der Waals surface area contributed by atoms with Crippen LogP contribution < -0.4 is 10.1 Å². The molecular formula is C31H41FN2O9S. The van der Waals surface area contributed by atoms with Crippen molar-refractivity contribution in [2.24, 2.45) is 0 Å². The van der Waals surface area contributed by atoms with Crippen LogP contribution in [-0.4, -0.2) is 92.4 Å². The maximum Gasteiger partial charge on any atom is 0.410 e. The van der Waals surface area contributed by atoms with Crippen LogP contribution >= 0.6 is 0 Å². The standard InChI is InChI=1S/C31H41FN2O9S/c1-30(2,3)43-28(36)27(23(35)20-40-24-11-8-12-25(26(24)32)44(4,38)39)33-22-17-31(42-19-22)13-15-34(16-14-31)29(37)41-18-21-9-6-5-7-10-21/h5-12,22-23,27,33,35H,13-20H2,1-4H3/t22-,23+,27-/m0/s1. The first-order valence-electron chi connectivity index (χ1n) is 14.5. The Kier molecular flexibility index (Phi) is 10.5. The Morgan fingerprint density at radius 2 is 1.82 bits per heavy atom. The average Bonchev–Trinajstić information content (AvgIpc) is 3.35. The Bertz CT molecular complexity index is 1410. The number of rotatable bonds is 10. The van der Waals surface area contributed by atoms with Gasteiger partial charge in [-0.1, -0.05) is 36.4 Å². The molecule has 4 rings (SSSR count). The molecule has 11 nitrogen and oxygen atoms in total. The lowest BCUT2D eigenvalue weighted by atomic mass is 9.87. The molecule has 44 heavy (non-hydrogen) atoms. The number of halogens is 1. The topological polar surface area (TPSA) is 141 Å². The van der Waals surface area contributed by atoms with Crippen molar-refractivity contribution < 1.29 is 46.5 Å². The number of sulfone groups is 1. The Hall–Kier alpha value is -3.26. The molecule has 13 heteroatoms.